The number of hydrogen-bond acceptors (Lipinski definition) is 3. The number of piperidine rings is 1. The van der Waals surface area contributed by atoms with Crippen molar-refractivity contribution in [1.29, 1.82) is 0 Å². The van der Waals surface area contributed by atoms with Gasteiger partial charge in [0.05, 0.1) is 5.69 Å². The molecule has 8 heteroatoms. The number of H-pyrrole nitrogens is 3. The van der Waals surface area contributed by atoms with Gasteiger partial charge in [-0.2, -0.15) is 0 Å². The Morgan fingerprint density at radius 2 is 1.79 bits per heavy atom. The van der Waals surface area contributed by atoms with Gasteiger partial charge >= 0.3 is 0 Å². The normalized spacial score (nSPS) is 21.3. The summed E-state index contributed by atoms with van der Waals surface area (Å²) >= 11 is 0. The van der Waals surface area contributed by atoms with Crippen LogP contribution in [-0.4, -0.2) is 44.0 Å². The van der Waals surface area contributed by atoms with E-state index in [0.29, 0.717) is 35.2 Å². The molecule has 1 saturated carbocycles. The number of allylic oxidation sites excluding steroid dienone is 2. The minimum atomic E-state index is -0.234. The molecule has 2 atom stereocenters. The lowest BCUT2D eigenvalue weighted by Gasteiger charge is -2.28. The van der Waals surface area contributed by atoms with Crippen molar-refractivity contribution >= 4 is 45.1 Å². The van der Waals surface area contributed by atoms with Gasteiger partial charge in [0.1, 0.15) is 11.4 Å². The highest BCUT2D eigenvalue weighted by atomic mass is 16.2. The van der Waals surface area contributed by atoms with Crippen LogP contribution in [0.25, 0.3) is 21.8 Å². The number of benzene rings is 2. The number of ketones is 1. The average molecular weight is 502 g/mol. The first-order valence-electron chi connectivity index (χ1n) is 12.7. The predicted octanol–water partition coefficient (Wildman–Crippen LogP) is 5.03. The Kier molecular flexibility index (Phi) is 3.99. The van der Waals surface area contributed by atoms with Crippen LogP contribution >= 0.6 is 0 Å². The highest BCUT2D eigenvalue weighted by Crippen LogP contribution is 2.67. The molecule has 2 fully saturated rings. The number of carbonyl (C=O) groups is 3. The molecular formula is C30H23N5O3. The van der Waals surface area contributed by atoms with E-state index in [1.807, 2.05) is 67.7 Å². The van der Waals surface area contributed by atoms with Crippen molar-refractivity contribution in [2.24, 2.45) is 5.92 Å². The number of aromatic amines is 3. The van der Waals surface area contributed by atoms with Crippen molar-refractivity contribution in [3.8, 4) is 0 Å². The summed E-state index contributed by atoms with van der Waals surface area (Å²) in [6.07, 6.45) is 4.50. The van der Waals surface area contributed by atoms with Crippen molar-refractivity contribution in [3.63, 3.8) is 0 Å². The van der Waals surface area contributed by atoms with E-state index in [2.05, 4.69) is 20.3 Å². The summed E-state index contributed by atoms with van der Waals surface area (Å²) in [5.41, 5.74) is 6.67. The number of aryl methyl sites for hydroxylation is 1. The van der Waals surface area contributed by atoms with Gasteiger partial charge in [-0.1, -0.05) is 18.2 Å². The monoisotopic (exact) mass is 501 g/mol. The molecule has 3 aliphatic rings. The molecule has 2 amide bonds. The summed E-state index contributed by atoms with van der Waals surface area (Å²) in [7, 11) is 0. The smallest absolute Gasteiger partial charge is 0.274 e. The number of nitrogens with zero attached hydrogens (tertiary/aromatic N) is 1. The molecule has 8 rings (SSSR count). The molecule has 3 aromatic heterocycles. The lowest BCUT2D eigenvalue weighted by molar-refractivity contribution is 0.0806. The maximum absolute atomic E-state index is 13.7. The van der Waals surface area contributed by atoms with Gasteiger partial charge < -0.3 is 25.2 Å². The van der Waals surface area contributed by atoms with Crippen molar-refractivity contribution < 1.29 is 14.4 Å². The molecular weight excluding hydrogens is 478 g/mol. The maximum Gasteiger partial charge on any atom is 0.274 e. The van der Waals surface area contributed by atoms with Crippen LogP contribution in [0.2, 0.25) is 0 Å². The number of carbonyl (C=O) groups excluding carboxylic acids is 3. The largest absolute Gasteiger partial charge is 0.358 e. The fourth-order valence-corrected chi connectivity index (χ4v) is 6.61. The van der Waals surface area contributed by atoms with Crippen LogP contribution in [0.4, 0.5) is 5.69 Å². The number of likely N-dealkylation sites (tertiary alicyclic amines) is 1. The van der Waals surface area contributed by atoms with E-state index in [1.54, 1.807) is 11.0 Å². The third-order valence-corrected chi connectivity index (χ3v) is 8.42. The molecule has 38 heavy (non-hydrogen) atoms. The zero-order chi connectivity index (χ0) is 25.8. The summed E-state index contributed by atoms with van der Waals surface area (Å²) in [6.45, 7) is 2.62. The van der Waals surface area contributed by atoms with Crippen LogP contribution in [0.1, 0.15) is 49.0 Å². The topological polar surface area (TPSA) is 114 Å². The molecule has 2 aromatic carbocycles. The second-order valence-electron chi connectivity index (χ2n) is 10.6. The fourth-order valence-electron chi connectivity index (χ4n) is 6.61. The van der Waals surface area contributed by atoms with E-state index >= 15 is 0 Å². The molecule has 1 aliphatic heterocycles. The van der Waals surface area contributed by atoms with Gasteiger partial charge in [0.25, 0.3) is 11.8 Å². The molecule has 0 bridgehead atoms. The first-order valence-corrected chi connectivity index (χ1v) is 12.7. The Morgan fingerprint density at radius 3 is 2.66 bits per heavy atom. The average Bonchev–Trinajstić information content (AvgIpc) is 3.37. The lowest BCUT2D eigenvalue weighted by atomic mass is 9.83. The molecule has 0 radical (unpaired) electrons. The standard InChI is InChI=1S/C30H23N5O3/c1-15-13-31-27-24(36)11-25-30(26(15)27)12-18(30)14-35(25)29(38)23-10-17-8-19(6-7-21(17)34-23)32-28(37)22-9-16-4-2-3-5-20(16)33-22/h2-11,13,18,31,33-34H,12,14H2,1H3,(H,32,37)/t18-,30-/m0/s1. The van der Waals surface area contributed by atoms with Gasteiger partial charge in [-0.3, -0.25) is 14.4 Å². The summed E-state index contributed by atoms with van der Waals surface area (Å²) in [6, 6.07) is 16.9. The molecule has 4 N–H and O–H groups in total. The highest BCUT2D eigenvalue weighted by Gasteiger charge is 2.68. The zero-order valence-electron chi connectivity index (χ0n) is 20.5. The Hall–Kier alpha value is -4.85. The SMILES string of the molecule is Cc1c[nH]c2c1[C@@]13C[C@H]1CN(C(=O)c1cc4cc(NC(=O)c5cc6ccccc6[nH]5)ccc4[nH]1)C3=CC2=O. The lowest BCUT2D eigenvalue weighted by Crippen LogP contribution is -2.34. The molecule has 1 spiro atoms. The first kappa shape index (κ1) is 21.3. The summed E-state index contributed by atoms with van der Waals surface area (Å²) in [4.78, 5) is 50.6. The van der Waals surface area contributed by atoms with E-state index in [1.165, 1.54) is 0 Å². The summed E-state index contributed by atoms with van der Waals surface area (Å²) in [5, 5.41) is 4.73. The number of hydrogen-bond donors (Lipinski definition) is 4. The van der Waals surface area contributed by atoms with Crippen LogP contribution in [0.15, 0.2) is 72.6 Å². The van der Waals surface area contributed by atoms with Gasteiger partial charge in [-0.25, -0.2) is 0 Å². The maximum atomic E-state index is 13.7. The van der Waals surface area contributed by atoms with Crippen LogP contribution < -0.4 is 5.32 Å². The van der Waals surface area contributed by atoms with E-state index in [-0.39, 0.29) is 23.0 Å². The Balaban J connectivity index is 1.07. The number of amides is 2. The molecule has 0 unspecified atom stereocenters. The summed E-state index contributed by atoms with van der Waals surface area (Å²) < 4.78 is 0. The van der Waals surface area contributed by atoms with Crippen LogP contribution in [0, 0.1) is 12.8 Å². The van der Waals surface area contributed by atoms with Gasteiger partial charge in [-0.05, 0) is 66.8 Å². The fraction of sp³-hybridized carbons (Fsp3) is 0.167. The van der Waals surface area contributed by atoms with E-state index in [4.69, 9.17) is 0 Å². The number of nitrogens with one attached hydrogen (secondary N) is 4. The van der Waals surface area contributed by atoms with Crippen molar-refractivity contribution in [3.05, 3.63) is 101 Å². The second-order valence-corrected chi connectivity index (χ2v) is 10.6. The van der Waals surface area contributed by atoms with Crippen molar-refractivity contribution in [1.82, 2.24) is 19.9 Å². The van der Waals surface area contributed by atoms with Crippen molar-refractivity contribution in [2.75, 3.05) is 11.9 Å². The Morgan fingerprint density at radius 1 is 1.00 bits per heavy atom. The van der Waals surface area contributed by atoms with Gasteiger partial charge in [0.2, 0.25) is 5.78 Å². The van der Waals surface area contributed by atoms with Crippen LogP contribution in [0.3, 0.4) is 0 Å². The second kappa shape index (κ2) is 7.13. The Bertz CT molecular complexity index is 1870. The first-order chi connectivity index (χ1) is 18.4. The van der Waals surface area contributed by atoms with E-state index < -0.39 is 0 Å². The number of anilines is 1. The Labute approximate surface area is 216 Å². The quantitative estimate of drug-likeness (QED) is 0.278. The van der Waals surface area contributed by atoms with Crippen LogP contribution in [-0.2, 0) is 5.41 Å². The minimum absolute atomic E-state index is 0.0777. The molecule has 5 aromatic rings. The molecule has 1 saturated heterocycles. The number of aromatic nitrogens is 3. The van der Waals surface area contributed by atoms with E-state index in [9.17, 15) is 14.4 Å². The number of para-hydroxylation sites is 1. The van der Waals surface area contributed by atoms with Gasteiger partial charge in [0, 0.05) is 57.4 Å². The highest BCUT2D eigenvalue weighted by molar-refractivity contribution is 6.10. The number of rotatable bonds is 3. The zero-order valence-corrected chi connectivity index (χ0v) is 20.5. The molecule has 186 valence electrons. The third kappa shape index (κ3) is 2.77. The predicted molar refractivity (Wildman–Crippen MR) is 143 cm³/mol. The van der Waals surface area contributed by atoms with E-state index in [0.717, 1.165) is 45.1 Å². The molecule has 8 nitrogen and oxygen atoms in total. The summed E-state index contributed by atoms with van der Waals surface area (Å²) in [5.74, 6) is -0.129. The minimum Gasteiger partial charge on any atom is -0.358 e. The molecule has 2 aliphatic carbocycles. The third-order valence-electron chi connectivity index (χ3n) is 8.42. The molecule has 4 heterocycles. The number of fused-ring (bicyclic) bond motifs is 3. The van der Waals surface area contributed by atoms with Crippen LogP contribution in [0.5, 0.6) is 0 Å². The van der Waals surface area contributed by atoms with Gasteiger partial charge in [-0.15, -0.1) is 0 Å². The van der Waals surface area contributed by atoms with Crippen molar-refractivity contribution in [2.45, 2.75) is 18.8 Å². The van der Waals surface area contributed by atoms with Gasteiger partial charge in [0.15, 0.2) is 0 Å².